The molecule has 2 aromatic carbocycles. The predicted molar refractivity (Wildman–Crippen MR) is 72.5 cm³/mol. The van der Waals surface area contributed by atoms with Crippen molar-refractivity contribution in [1.29, 1.82) is 0 Å². The zero-order chi connectivity index (χ0) is 11.5. The van der Waals surface area contributed by atoms with Gasteiger partial charge < -0.3 is 5.11 Å². The Morgan fingerprint density at radius 2 is 1.76 bits per heavy atom. The van der Waals surface area contributed by atoms with Crippen molar-refractivity contribution < 1.29 is 9.90 Å². The molecule has 2 aromatic rings. The zero-order valence-corrected chi connectivity index (χ0v) is 10.2. The molecule has 0 unspecified atom stereocenters. The molecule has 0 aromatic heterocycles. The Morgan fingerprint density at radius 1 is 1.12 bits per heavy atom. The number of hydrogen-bond donors (Lipinski definition) is 1. The van der Waals surface area contributed by atoms with Gasteiger partial charge in [0.2, 0.25) is 0 Å². The van der Waals surface area contributed by atoms with Gasteiger partial charge in [-0.25, -0.2) is 4.79 Å². The van der Waals surface area contributed by atoms with Gasteiger partial charge in [0.1, 0.15) is 0 Å². The Bertz CT molecular complexity index is 573. The minimum absolute atomic E-state index is 0. The molecule has 0 amide bonds. The summed E-state index contributed by atoms with van der Waals surface area (Å²) in [7, 11) is 0. The summed E-state index contributed by atoms with van der Waals surface area (Å²) in [4.78, 5) is 10.7. The van der Waals surface area contributed by atoms with E-state index in [0.29, 0.717) is 5.57 Å². The average molecular weight is 249 g/mol. The van der Waals surface area contributed by atoms with Crippen LogP contribution in [0.1, 0.15) is 12.5 Å². The Balaban J connectivity index is 0.00000144. The van der Waals surface area contributed by atoms with Crippen LogP contribution >= 0.6 is 12.4 Å². The molecular weight excluding hydrogens is 236 g/mol. The van der Waals surface area contributed by atoms with E-state index in [1.54, 1.807) is 13.0 Å². The van der Waals surface area contributed by atoms with Crippen molar-refractivity contribution in [1.82, 2.24) is 0 Å². The molecule has 1 N–H and O–H groups in total. The Morgan fingerprint density at radius 3 is 2.41 bits per heavy atom. The van der Waals surface area contributed by atoms with Gasteiger partial charge in [0.25, 0.3) is 0 Å². The standard InChI is InChI=1S/C14H12O2.ClH/c1-10(14(15)16)8-11-6-7-12-4-2-3-5-13(12)9-11;/h2-9H,1H3,(H,15,16);1H/b10-8+;. The lowest BCUT2D eigenvalue weighted by Crippen LogP contribution is -1.95. The van der Waals surface area contributed by atoms with Crippen LogP contribution in [0, 0.1) is 0 Å². The smallest absolute Gasteiger partial charge is 0.331 e. The summed E-state index contributed by atoms with van der Waals surface area (Å²) in [5, 5.41) is 11.1. The van der Waals surface area contributed by atoms with Crippen LogP contribution in [-0.4, -0.2) is 11.1 Å². The summed E-state index contributed by atoms with van der Waals surface area (Å²) in [6, 6.07) is 13.9. The number of rotatable bonds is 2. The van der Waals surface area contributed by atoms with Gasteiger partial charge >= 0.3 is 5.97 Å². The van der Waals surface area contributed by atoms with E-state index >= 15 is 0 Å². The second-order valence-electron chi connectivity index (χ2n) is 3.74. The average Bonchev–Trinajstić information content (AvgIpc) is 2.28. The predicted octanol–water partition coefficient (Wildman–Crippen LogP) is 3.75. The van der Waals surface area contributed by atoms with Crippen molar-refractivity contribution in [3.05, 3.63) is 53.6 Å². The summed E-state index contributed by atoms with van der Waals surface area (Å²) in [5.41, 5.74) is 1.26. The van der Waals surface area contributed by atoms with Gasteiger partial charge in [-0.15, -0.1) is 12.4 Å². The van der Waals surface area contributed by atoms with Gasteiger partial charge in [0.15, 0.2) is 0 Å². The number of carboxylic acids is 1. The highest BCUT2D eigenvalue weighted by atomic mass is 35.5. The van der Waals surface area contributed by atoms with Crippen molar-refractivity contribution in [2.45, 2.75) is 6.92 Å². The van der Waals surface area contributed by atoms with Crippen LogP contribution in [0.15, 0.2) is 48.0 Å². The van der Waals surface area contributed by atoms with Crippen LogP contribution in [0.25, 0.3) is 16.8 Å². The Hall–Kier alpha value is -1.80. The van der Waals surface area contributed by atoms with Gasteiger partial charge in [-0.1, -0.05) is 36.4 Å². The first kappa shape index (κ1) is 13.3. The minimum Gasteiger partial charge on any atom is -0.478 e. The highest BCUT2D eigenvalue weighted by Gasteiger charge is 2.00. The van der Waals surface area contributed by atoms with E-state index in [4.69, 9.17) is 5.11 Å². The van der Waals surface area contributed by atoms with E-state index in [-0.39, 0.29) is 12.4 Å². The lowest BCUT2D eigenvalue weighted by atomic mass is 10.1. The molecule has 0 saturated carbocycles. The summed E-state index contributed by atoms with van der Waals surface area (Å²) < 4.78 is 0. The van der Waals surface area contributed by atoms with E-state index in [9.17, 15) is 4.79 Å². The third-order valence-electron chi connectivity index (χ3n) is 2.49. The number of halogens is 1. The minimum atomic E-state index is -0.881. The molecule has 0 radical (unpaired) electrons. The molecule has 2 rings (SSSR count). The molecule has 17 heavy (non-hydrogen) atoms. The molecule has 0 aliphatic carbocycles. The third kappa shape index (κ3) is 3.08. The molecule has 0 saturated heterocycles. The van der Waals surface area contributed by atoms with Gasteiger partial charge in [-0.3, -0.25) is 0 Å². The van der Waals surface area contributed by atoms with Crippen molar-refractivity contribution in [3.8, 4) is 0 Å². The SMILES string of the molecule is C/C(=C\c1ccc2ccccc2c1)C(=O)O.Cl. The number of benzene rings is 2. The van der Waals surface area contributed by atoms with Crippen LogP contribution in [0.3, 0.4) is 0 Å². The molecule has 88 valence electrons. The number of aliphatic carboxylic acids is 1. The van der Waals surface area contributed by atoms with E-state index in [1.165, 1.54) is 0 Å². The molecule has 0 bridgehead atoms. The lowest BCUT2D eigenvalue weighted by Gasteiger charge is -2.00. The van der Waals surface area contributed by atoms with Crippen molar-refractivity contribution in [2.75, 3.05) is 0 Å². The van der Waals surface area contributed by atoms with Crippen LogP contribution in [0.5, 0.6) is 0 Å². The van der Waals surface area contributed by atoms with Crippen molar-refractivity contribution >= 4 is 35.2 Å². The molecule has 0 fully saturated rings. The monoisotopic (exact) mass is 248 g/mol. The molecule has 0 atom stereocenters. The normalized spacial score (nSPS) is 11.0. The van der Waals surface area contributed by atoms with E-state index < -0.39 is 5.97 Å². The van der Waals surface area contributed by atoms with Gasteiger partial charge in [-0.2, -0.15) is 0 Å². The van der Waals surface area contributed by atoms with Crippen LogP contribution < -0.4 is 0 Å². The molecule has 0 aliphatic heterocycles. The van der Waals surface area contributed by atoms with Crippen molar-refractivity contribution in [2.24, 2.45) is 0 Å². The fourth-order valence-corrected chi connectivity index (χ4v) is 1.61. The summed E-state index contributed by atoms with van der Waals surface area (Å²) >= 11 is 0. The molecule has 3 heteroatoms. The number of hydrogen-bond acceptors (Lipinski definition) is 1. The largest absolute Gasteiger partial charge is 0.478 e. The van der Waals surface area contributed by atoms with E-state index in [1.807, 2.05) is 42.5 Å². The second-order valence-corrected chi connectivity index (χ2v) is 3.74. The maximum absolute atomic E-state index is 10.7. The van der Waals surface area contributed by atoms with Gasteiger partial charge in [0, 0.05) is 5.57 Å². The first-order valence-corrected chi connectivity index (χ1v) is 5.07. The van der Waals surface area contributed by atoms with Gasteiger partial charge in [0.05, 0.1) is 0 Å². The molecular formula is C14H13ClO2. The quantitative estimate of drug-likeness (QED) is 0.822. The Kier molecular flexibility index (Phi) is 4.30. The molecule has 0 spiro atoms. The molecule has 2 nitrogen and oxygen atoms in total. The Labute approximate surface area is 106 Å². The van der Waals surface area contributed by atoms with E-state index in [0.717, 1.165) is 16.3 Å². The topological polar surface area (TPSA) is 37.3 Å². The maximum Gasteiger partial charge on any atom is 0.331 e. The van der Waals surface area contributed by atoms with Crippen LogP contribution in [0.4, 0.5) is 0 Å². The first-order chi connectivity index (χ1) is 7.66. The fraction of sp³-hybridized carbons (Fsp3) is 0.0714. The van der Waals surface area contributed by atoms with E-state index in [2.05, 4.69) is 0 Å². The maximum atomic E-state index is 10.7. The summed E-state index contributed by atoms with van der Waals surface area (Å²) in [5.74, 6) is -0.881. The zero-order valence-electron chi connectivity index (χ0n) is 9.38. The summed E-state index contributed by atoms with van der Waals surface area (Å²) in [6.45, 7) is 1.59. The lowest BCUT2D eigenvalue weighted by molar-refractivity contribution is -0.132. The highest BCUT2D eigenvalue weighted by molar-refractivity contribution is 5.92. The third-order valence-corrected chi connectivity index (χ3v) is 2.49. The van der Waals surface area contributed by atoms with Crippen LogP contribution in [0.2, 0.25) is 0 Å². The fourth-order valence-electron chi connectivity index (χ4n) is 1.61. The highest BCUT2D eigenvalue weighted by Crippen LogP contribution is 2.17. The number of carboxylic acid groups (broad SMARTS) is 1. The van der Waals surface area contributed by atoms with Crippen LogP contribution in [-0.2, 0) is 4.79 Å². The second kappa shape index (κ2) is 5.51. The first-order valence-electron chi connectivity index (χ1n) is 5.07. The molecule has 0 aliphatic rings. The number of fused-ring (bicyclic) bond motifs is 1. The van der Waals surface area contributed by atoms with Crippen molar-refractivity contribution in [3.63, 3.8) is 0 Å². The van der Waals surface area contributed by atoms with Gasteiger partial charge in [-0.05, 0) is 35.4 Å². The number of carbonyl (C=O) groups is 1. The molecule has 0 heterocycles. The summed E-state index contributed by atoms with van der Waals surface area (Å²) in [6.07, 6.45) is 1.68.